The molecule has 2 aliphatic carbocycles. The van der Waals surface area contributed by atoms with Crippen LogP contribution < -0.4 is 10.2 Å². The molecule has 2 N–H and O–H groups in total. The standard InChI is InChI=1S/C29H39N3O/c1-28-12-6-7-13-29(28)14-17-31(2)27(28)19-21-18-24(26(33)20-22(21)29)30-23-10-4-5-11-25(23)32-15-8-3-9-16-32/h4-5,10-11,18,20,27,30,33H,3,6-9,12-17,19H2,1-2H3/t27-,28+,29+/m0/s1. The van der Waals surface area contributed by atoms with Crippen LogP contribution in [0.4, 0.5) is 17.1 Å². The lowest BCUT2D eigenvalue weighted by atomic mass is 9.45. The number of hydrogen-bond donors (Lipinski definition) is 2. The second kappa shape index (κ2) is 7.94. The number of benzene rings is 2. The number of likely N-dealkylation sites (tertiary alicyclic amines) is 1. The van der Waals surface area contributed by atoms with Crippen LogP contribution in [0.3, 0.4) is 0 Å². The van der Waals surface area contributed by atoms with Crippen LogP contribution in [-0.4, -0.2) is 42.7 Å². The Kier molecular flexibility index (Phi) is 5.13. The zero-order valence-corrected chi connectivity index (χ0v) is 20.4. The first-order valence-corrected chi connectivity index (χ1v) is 13.2. The maximum atomic E-state index is 11.3. The first-order chi connectivity index (χ1) is 16.0. The van der Waals surface area contributed by atoms with Gasteiger partial charge in [-0.05, 0) is 99.3 Å². The number of rotatable bonds is 3. The van der Waals surface area contributed by atoms with Crippen molar-refractivity contribution in [3.63, 3.8) is 0 Å². The normalized spacial score (nSPS) is 31.6. The van der Waals surface area contributed by atoms with Crippen LogP contribution in [0, 0.1) is 5.41 Å². The minimum Gasteiger partial charge on any atom is -0.506 e. The van der Waals surface area contributed by atoms with Gasteiger partial charge in [-0.1, -0.05) is 31.9 Å². The van der Waals surface area contributed by atoms with Crippen molar-refractivity contribution >= 4 is 17.1 Å². The molecular formula is C29H39N3O. The molecule has 2 aromatic rings. The molecule has 33 heavy (non-hydrogen) atoms. The van der Waals surface area contributed by atoms with Gasteiger partial charge in [-0.3, -0.25) is 0 Å². The van der Waals surface area contributed by atoms with Crippen molar-refractivity contribution in [2.24, 2.45) is 5.41 Å². The molecule has 3 fully saturated rings. The lowest BCUT2D eigenvalue weighted by Gasteiger charge is -2.65. The topological polar surface area (TPSA) is 38.7 Å². The van der Waals surface area contributed by atoms with E-state index in [0.29, 0.717) is 17.2 Å². The minimum absolute atomic E-state index is 0.220. The third-order valence-corrected chi connectivity index (χ3v) is 9.82. The average Bonchev–Trinajstić information content (AvgIpc) is 2.83. The predicted octanol–water partition coefficient (Wildman–Crippen LogP) is 6.20. The number of piperidine rings is 2. The molecule has 3 atom stereocenters. The summed E-state index contributed by atoms with van der Waals surface area (Å²) in [7, 11) is 2.33. The van der Waals surface area contributed by atoms with E-state index in [2.05, 4.69) is 65.5 Å². The Morgan fingerprint density at radius 3 is 2.55 bits per heavy atom. The second-order valence-electron chi connectivity index (χ2n) is 11.4. The fourth-order valence-corrected chi connectivity index (χ4v) is 8.00. The molecule has 0 radical (unpaired) electrons. The van der Waals surface area contributed by atoms with E-state index >= 15 is 0 Å². The van der Waals surface area contributed by atoms with Gasteiger partial charge in [0.2, 0.25) is 0 Å². The first-order valence-electron chi connectivity index (χ1n) is 13.2. The smallest absolute Gasteiger partial charge is 0.139 e. The van der Waals surface area contributed by atoms with E-state index in [-0.39, 0.29) is 5.41 Å². The van der Waals surface area contributed by atoms with Gasteiger partial charge in [-0.15, -0.1) is 0 Å². The first kappa shape index (κ1) is 21.3. The maximum absolute atomic E-state index is 11.3. The van der Waals surface area contributed by atoms with E-state index in [9.17, 15) is 5.11 Å². The number of para-hydroxylation sites is 2. The molecular weight excluding hydrogens is 406 g/mol. The Balaban J connectivity index is 1.39. The highest BCUT2D eigenvalue weighted by atomic mass is 16.3. The van der Waals surface area contributed by atoms with Crippen LogP contribution in [0.1, 0.15) is 69.4 Å². The Hall–Kier alpha value is -2.20. The van der Waals surface area contributed by atoms with Crippen molar-refractivity contribution in [2.75, 3.05) is 36.9 Å². The number of anilines is 3. The number of hydrogen-bond acceptors (Lipinski definition) is 4. The van der Waals surface area contributed by atoms with Gasteiger partial charge in [-0.2, -0.15) is 0 Å². The zero-order valence-electron chi connectivity index (χ0n) is 20.4. The summed E-state index contributed by atoms with van der Waals surface area (Å²) in [6.45, 7) is 5.95. The van der Waals surface area contributed by atoms with Crippen LogP contribution in [0.25, 0.3) is 0 Å². The largest absolute Gasteiger partial charge is 0.506 e. The molecule has 4 heteroatoms. The third-order valence-electron chi connectivity index (χ3n) is 9.82. The number of phenols is 1. The van der Waals surface area contributed by atoms with Gasteiger partial charge in [0.15, 0.2) is 0 Å². The van der Waals surface area contributed by atoms with Crippen LogP contribution in [0.15, 0.2) is 36.4 Å². The molecule has 0 aromatic heterocycles. The lowest BCUT2D eigenvalue weighted by Crippen LogP contribution is -2.66. The summed E-state index contributed by atoms with van der Waals surface area (Å²) in [6, 6.07) is 13.6. The average molecular weight is 446 g/mol. The van der Waals surface area contributed by atoms with Gasteiger partial charge >= 0.3 is 0 Å². The van der Waals surface area contributed by atoms with E-state index in [4.69, 9.17) is 0 Å². The predicted molar refractivity (Wildman–Crippen MR) is 137 cm³/mol. The number of nitrogens with one attached hydrogen (secondary N) is 1. The molecule has 6 rings (SSSR count). The summed E-state index contributed by atoms with van der Waals surface area (Å²) < 4.78 is 0. The molecule has 4 nitrogen and oxygen atoms in total. The van der Waals surface area contributed by atoms with Gasteiger partial charge in [0.05, 0.1) is 17.1 Å². The number of aromatic hydroxyl groups is 1. The van der Waals surface area contributed by atoms with E-state index in [1.54, 1.807) is 0 Å². The number of nitrogens with zero attached hydrogens (tertiary/aromatic N) is 2. The number of likely N-dealkylation sites (N-methyl/N-ethyl adjacent to an activating group) is 1. The van der Waals surface area contributed by atoms with Crippen LogP contribution >= 0.6 is 0 Å². The highest BCUT2D eigenvalue weighted by Crippen LogP contribution is 2.63. The van der Waals surface area contributed by atoms with Crippen molar-refractivity contribution in [3.8, 4) is 5.75 Å². The summed E-state index contributed by atoms with van der Waals surface area (Å²) >= 11 is 0. The monoisotopic (exact) mass is 445 g/mol. The van der Waals surface area contributed by atoms with Crippen LogP contribution in [0.5, 0.6) is 5.75 Å². The Morgan fingerprint density at radius 1 is 0.909 bits per heavy atom. The van der Waals surface area contributed by atoms with Gasteiger partial charge in [0.1, 0.15) is 5.75 Å². The van der Waals surface area contributed by atoms with Crippen molar-refractivity contribution in [1.82, 2.24) is 4.90 Å². The van der Waals surface area contributed by atoms with E-state index in [0.717, 1.165) is 30.9 Å². The molecule has 176 valence electrons. The van der Waals surface area contributed by atoms with Crippen molar-refractivity contribution in [2.45, 2.75) is 76.2 Å². The molecule has 0 amide bonds. The van der Waals surface area contributed by atoms with E-state index in [1.807, 2.05) is 0 Å². The van der Waals surface area contributed by atoms with Crippen molar-refractivity contribution < 1.29 is 5.11 Å². The number of fused-ring (bicyclic) bond motifs is 1. The van der Waals surface area contributed by atoms with Crippen molar-refractivity contribution in [3.05, 3.63) is 47.5 Å². The number of phenolic OH excluding ortho intramolecular Hbond substituents is 1. The molecule has 1 saturated carbocycles. The SMILES string of the molecule is CN1CC[C@@]23CCCC[C@]2(C)[C@@H]1Cc1cc(Nc2ccccc2N2CCCCC2)c(O)cc13. The Morgan fingerprint density at radius 2 is 1.70 bits per heavy atom. The van der Waals surface area contributed by atoms with Crippen LogP contribution in [-0.2, 0) is 11.8 Å². The molecule has 0 unspecified atom stereocenters. The van der Waals surface area contributed by atoms with Gasteiger partial charge in [0, 0.05) is 24.5 Å². The highest BCUT2D eigenvalue weighted by Gasteiger charge is 2.60. The maximum Gasteiger partial charge on any atom is 0.139 e. The minimum atomic E-state index is 0.220. The summed E-state index contributed by atoms with van der Waals surface area (Å²) in [4.78, 5) is 5.12. The Bertz CT molecular complexity index is 1050. The zero-order chi connectivity index (χ0) is 22.6. The molecule has 2 aromatic carbocycles. The summed E-state index contributed by atoms with van der Waals surface area (Å²) in [5, 5.41) is 14.9. The van der Waals surface area contributed by atoms with Gasteiger partial charge in [-0.25, -0.2) is 0 Å². The van der Waals surface area contributed by atoms with Gasteiger partial charge in [0.25, 0.3) is 0 Å². The summed E-state index contributed by atoms with van der Waals surface area (Å²) in [6.07, 6.45) is 11.4. The van der Waals surface area contributed by atoms with Crippen molar-refractivity contribution in [1.29, 1.82) is 0 Å². The fourth-order valence-electron chi connectivity index (χ4n) is 8.00. The molecule has 2 heterocycles. The summed E-state index contributed by atoms with van der Waals surface area (Å²) in [5.74, 6) is 0.405. The van der Waals surface area contributed by atoms with E-state index in [1.165, 1.54) is 74.7 Å². The Labute approximate surface area is 199 Å². The molecule has 0 spiro atoms. The second-order valence-corrected chi connectivity index (χ2v) is 11.4. The van der Waals surface area contributed by atoms with E-state index < -0.39 is 0 Å². The molecule has 2 saturated heterocycles. The van der Waals surface area contributed by atoms with Crippen LogP contribution in [0.2, 0.25) is 0 Å². The highest BCUT2D eigenvalue weighted by molar-refractivity contribution is 5.78. The van der Waals surface area contributed by atoms with Gasteiger partial charge < -0.3 is 20.2 Å². The third kappa shape index (κ3) is 3.20. The molecule has 4 aliphatic rings. The summed E-state index contributed by atoms with van der Waals surface area (Å²) in [5.41, 5.74) is 6.64. The molecule has 2 aliphatic heterocycles. The quantitative estimate of drug-likeness (QED) is 0.551. The molecule has 2 bridgehead atoms. The fraction of sp³-hybridized carbons (Fsp3) is 0.586. The lowest BCUT2D eigenvalue weighted by molar-refractivity contribution is -0.0735.